The number of nitrogens with zero attached hydrogens (tertiary/aromatic N) is 2. The Morgan fingerprint density at radius 2 is 1.81 bits per heavy atom. The van der Waals surface area contributed by atoms with Gasteiger partial charge in [0.25, 0.3) is 5.69 Å². The molecule has 3 rings (SSSR count). The second-order valence-corrected chi connectivity index (χ2v) is 4.44. The smallest absolute Gasteiger partial charge is 0.278 e. The van der Waals surface area contributed by atoms with Gasteiger partial charge in [0.2, 0.25) is 0 Å². The first-order valence-corrected chi connectivity index (χ1v) is 6.19. The Hall–Kier alpha value is -3.02. The minimum absolute atomic E-state index is 0.00255. The first kappa shape index (κ1) is 13.0. The summed E-state index contributed by atoms with van der Waals surface area (Å²) in [5.74, 6) is -0.321. The maximum atomic E-state index is 12.9. The molecule has 0 bridgehead atoms. The first-order chi connectivity index (χ1) is 10.1. The maximum Gasteiger partial charge on any atom is 0.278 e. The summed E-state index contributed by atoms with van der Waals surface area (Å²) in [7, 11) is 0. The van der Waals surface area contributed by atoms with Crippen LogP contribution in [0.15, 0.2) is 54.9 Å². The summed E-state index contributed by atoms with van der Waals surface area (Å²) < 4.78 is 12.9. The molecule has 0 amide bonds. The zero-order valence-electron chi connectivity index (χ0n) is 10.8. The number of benzene rings is 2. The van der Waals surface area contributed by atoms with Crippen molar-refractivity contribution in [1.29, 1.82) is 0 Å². The normalized spacial score (nSPS) is 10.5. The van der Waals surface area contributed by atoms with Crippen molar-refractivity contribution >= 4 is 27.8 Å². The lowest BCUT2D eigenvalue weighted by molar-refractivity contribution is -0.383. The van der Waals surface area contributed by atoms with Crippen molar-refractivity contribution in [2.24, 2.45) is 0 Å². The molecule has 0 saturated carbocycles. The minimum Gasteiger partial charge on any atom is -0.355 e. The van der Waals surface area contributed by atoms with E-state index in [9.17, 15) is 14.5 Å². The fourth-order valence-electron chi connectivity index (χ4n) is 2.13. The SMILES string of the molecule is O=[N+]([O-])c1ccc(Nc2ccc(F)cc2)c2ccncc12. The van der Waals surface area contributed by atoms with E-state index >= 15 is 0 Å². The van der Waals surface area contributed by atoms with Crippen molar-refractivity contribution in [3.63, 3.8) is 0 Å². The molecule has 6 heteroatoms. The summed E-state index contributed by atoms with van der Waals surface area (Å²) in [4.78, 5) is 14.5. The van der Waals surface area contributed by atoms with Crippen LogP contribution in [0.1, 0.15) is 0 Å². The van der Waals surface area contributed by atoms with Gasteiger partial charge in [-0.1, -0.05) is 0 Å². The van der Waals surface area contributed by atoms with Gasteiger partial charge in [-0.25, -0.2) is 4.39 Å². The van der Waals surface area contributed by atoms with Crippen LogP contribution < -0.4 is 5.32 Å². The second kappa shape index (κ2) is 5.16. The number of rotatable bonds is 3. The van der Waals surface area contributed by atoms with E-state index in [1.807, 2.05) is 0 Å². The third kappa shape index (κ3) is 2.51. The predicted molar refractivity (Wildman–Crippen MR) is 78.1 cm³/mol. The standard InChI is InChI=1S/C15H10FN3O2/c16-10-1-3-11(4-2-10)18-14-5-6-15(19(20)21)13-9-17-8-7-12(13)14/h1-9,18H. The van der Waals surface area contributed by atoms with E-state index in [4.69, 9.17) is 0 Å². The minimum atomic E-state index is -0.439. The second-order valence-electron chi connectivity index (χ2n) is 4.44. The highest BCUT2D eigenvalue weighted by atomic mass is 19.1. The molecule has 21 heavy (non-hydrogen) atoms. The van der Waals surface area contributed by atoms with Gasteiger partial charge in [-0.2, -0.15) is 0 Å². The van der Waals surface area contributed by atoms with Crippen molar-refractivity contribution in [2.45, 2.75) is 0 Å². The van der Waals surface area contributed by atoms with Crippen LogP contribution in [0.25, 0.3) is 10.8 Å². The summed E-state index contributed by atoms with van der Waals surface area (Å²) in [6.45, 7) is 0. The van der Waals surface area contributed by atoms with Crippen LogP contribution in [0.3, 0.4) is 0 Å². The monoisotopic (exact) mass is 283 g/mol. The molecule has 1 N–H and O–H groups in total. The Morgan fingerprint density at radius 3 is 2.52 bits per heavy atom. The van der Waals surface area contributed by atoms with Crippen LogP contribution in [0.4, 0.5) is 21.5 Å². The van der Waals surface area contributed by atoms with Crippen molar-refractivity contribution in [1.82, 2.24) is 4.98 Å². The lowest BCUT2D eigenvalue weighted by Gasteiger charge is -2.10. The van der Waals surface area contributed by atoms with Gasteiger partial charge in [-0.3, -0.25) is 15.1 Å². The zero-order valence-corrected chi connectivity index (χ0v) is 10.8. The average Bonchev–Trinajstić information content (AvgIpc) is 2.49. The van der Waals surface area contributed by atoms with Gasteiger partial charge in [-0.15, -0.1) is 0 Å². The number of halogens is 1. The molecule has 0 aliphatic rings. The highest BCUT2D eigenvalue weighted by molar-refractivity contribution is 6.00. The Morgan fingerprint density at radius 1 is 1.05 bits per heavy atom. The van der Waals surface area contributed by atoms with Crippen LogP contribution in [0.5, 0.6) is 0 Å². The fourth-order valence-corrected chi connectivity index (χ4v) is 2.13. The van der Waals surface area contributed by atoms with Gasteiger partial charge in [0.1, 0.15) is 5.82 Å². The van der Waals surface area contributed by atoms with Gasteiger partial charge >= 0.3 is 0 Å². The summed E-state index contributed by atoms with van der Waals surface area (Å²) in [6, 6.07) is 10.6. The van der Waals surface area contributed by atoms with Gasteiger partial charge < -0.3 is 5.32 Å². The summed E-state index contributed by atoms with van der Waals surface area (Å²) in [6.07, 6.45) is 3.03. The number of hydrogen-bond donors (Lipinski definition) is 1. The van der Waals surface area contributed by atoms with Crippen molar-refractivity contribution in [3.05, 3.63) is 70.8 Å². The number of anilines is 2. The number of pyridine rings is 1. The van der Waals surface area contributed by atoms with Crippen LogP contribution >= 0.6 is 0 Å². The molecule has 0 saturated heterocycles. The number of hydrogen-bond acceptors (Lipinski definition) is 4. The molecule has 1 aromatic heterocycles. The van der Waals surface area contributed by atoms with E-state index in [2.05, 4.69) is 10.3 Å². The molecule has 0 aliphatic carbocycles. The topological polar surface area (TPSA) is 68.1 Å². The highest BCUT2D eigenvalue weighted by Crippen LogP contribution is 2.32. The Labute approximate surface area is 119 Å². The number of fused-ring (bicyclic) bond motifs is 1. The van der Waals surface area contributed by atoms with Crippen LogP contribution in [-0.2, 0) is 0 Å². The lowest BCUT2D eigenvalue weighted by atomic mass is 10.1. The number of nitrogens with one attached hydrogen (secondary N) is 1. The Bertz CT molecular complexity index is 819. The molecule has 0 spiro atoms. The molecule has 2 aromatic carbocycles. The third-order valence-electron chi connectivity index (χ3n) is 3.11. The lowest BCUT2D eigenvalue weighted by Crippen LogP contribution is -1.95. The molecular formula is C15H10FN3O2. The molecule has 1 heterocycles. The molecule has 0 fully saturated rings. The van der Waals surface area contributed by atoms with Gasteiger partial charge in [0.05, 0.1) is 10.3 Å². The van der Waals surface area contributed by atoms with E-state index in [0.29, 0.717) is 22.1 Å². The molecule has 3 aromatic rings. The van der Waals surface area contributed by atoms with Crippen LogP contribution in [0.2, 0.25) is 0 Å². The van der Waals surface area contributed by atoms with Crippen molar-refractivity contribution < 1.29 is 9.31 Å². The number of nitro groups is 1. The predicted octanol–water partition coefficient (Wildman–Crippen LogP) is 4.03. The average molecular weight is 283 g/mol. The quantitative estimate of drug-likeness (QED) is 0.582. The van der Waals surface area contributed by atoms with Crippen molar-refractivity contribution in [2.75, 3.05) is 5.32 Å². The Kier molecular flexibility index (Phi) is 3.19. The summed E-state index contributed by atoms with van der Waals surface area (Å²) >= 11 is 0. The van der Waals surface area contributed by atoms with E-state index in [1.165, 1.54) is 24.4 Å². The molecular weight excluding hydrogens is 273 g/mol. The zero-order chi connectivity index (χ0) is 14.8. The van der Waals surface area contributed by atoms with Gasteiger partial charge in [0, 0.05) is 35.2 Å². The Balaban J connectivity index is 2.09. The number of non-ortho nitro benzene ring substituents is 1. The van der Waals surface area contributed by atoms with E-state index in [1.54, 1.807) is 30.5 Å². The molecule has 0 radical (unpaired) electrons. The van der Waals surface area contributed by atoms with Crippen molar-refractivity contribution in [3.8, 4) is 0 Å². The molecule has 0 aliphatic heterocycles. The van der Waals surface area contributed by atoms with E-state index < -0.39 is 4.92 Å². The summed E-state index contributed by atoms with van der Waals surface area (Å²) in [5.41, 5.74) is 1.40. The van der Waals surface area contributed by atoms with Crippen LogP contribution in [0, 0.1) is 15.9 Å². The van der Waals surface area contributed by atoms with E-state index in [-0.39, 0.29) is 11.5 Å². The fraction of sp³-hybridized carbons (Fsp3) is 0. The van der Waals surface area contributed by atoms with Gasteiger partial charge in [-0.05, 0) is 36.4 Å². The molecule has 104 valence electrons. The summed E-state index contributed by atoms with van der Waals surface area (Å²) in [5, 5.41) is 15.3. The molecule has 5 nitrogen and oxygen atoms in total. The third-order valence-corrected chi connectivity index (χ3v) is 3.11. The maximum absolute atomic E-state index is 12.9. The number of aromatic nitrogens is 1. The number of nitro benzene ring substituents is 1. The molecule has 0 unspecified atom stereocenters. The molecule has 0 atom stereocenters. The van der Waals surface area contributed by atoms with E-state index in [0.717, 1.165) is 0 Å². The largest absolute Gasteiger partial charge is 0.355 e. The van der Waals surface area contributed by atoms with Crippen LogP contribution in [-0.4, -0.2) is 9.91 Å². The highest BCUT2D eigenvalue weighted by Gasteiger charge is 2.14. The van der Waals surface area contributed by atoms with Gasteiger partial charge in [0.15, 0.2) is 0 Å². The first-order valence-electron chi connectivity index (χ1n) is 6.19.